The highest BCUT2D eigenvalue weighted by atomic mass is 14.9. The molecule has 0 amide bonds. The molecule has 1 aliphatic carbocycles. The first-order valence-electron chi connectivity index (χ1n) is 7.54. The number of benzene rings is 1. The van der Waals surface area contributed by atoms with Gasteiger partial charge in [-0.05, 0) is 68.0 Å². The lowest BCUT2D eigenvalue weighted by Crippen LogP contribution is -2.29. The third-order valence-electron chi connectivity index (χ3n) is 4.26. The summed E-state index contributed by atoms with van der Waals surface area (Å²) >= 11 is 0. The lowest BCUT2D eigenvalue weighted by Gasteiger charge is -2.26. The van der Waals surface area contributed by atoms with Crippen molar-refractivity contribution in [2.24, 2.45) is 11.7 Å². The smallest absolute Gasteiger partial charge is 0.0450 e. The van der Waals surface area contributed by atoms with Crippen LogP contribution >= 0.6 is 0 Å². The topological polar surface area (TPSA) is 43.0 Å². The fourth-order valence-electron chi connectivity index (χ4n) is 2.91. The molecule has 1 heterocycles. The molecule has 3 rings (SSSR count). The van der Waals surface area contributed by atoms with Gasteiger partial charge in [-0.1, -0.05) is 0 Å². The Morgan fingerprint density at radius 1 is 1.00 bits per heavy atom. The van der Waals surface area contributed by atoms with Gasteiger partial charge >= 0.3 is 0 Å². The standard InChI is InChI=1S/C17H23N3/c18-15-5-3-14(4-6-15)13-19-16-7-9-17(10-8-16)20-11-1-2-12-20/h1-2,7-12,14-15,19H,3-6,13,18H2. The largest absolute Gasteiger partial charge is 0.385 e. The minimum absolute atomic E-state index is 0.437. The predicted octanol–water partition coefficient (Wildman–Crippen LogP) is 3.41. The summed E-state index contributed by atoms with van der Waals surface area (Å²) < 4.78 is 2.12. The van der Waals surface area contributed by atoms with Crippen LogP contribution in [-0.2, 0) is 0 Å². The van der Waals surface area contributed by atoms with Gasteiger partial charge in [0, 0.05) is 36.4 Å². The molecule has 0 atom stereocenters. The number of nitrogens with two attached hydrogens (primary N) is 1. The van der Waals surface area contributed by atoms with Crippen LogP contribution in [0.25, 0.3) is 5.69 Å². The van der Waals surface area contributed by atoms with Crippen LogP contribution in [0, 0.1) is 5.92 Å². The molecule has 3 N–H and O–H groups in total. The number of anilines is 1. The zero-order valence-corrected chi connectivity index (χ0v) is 11.8. The number of aromatic nitrogens is 1. The second-order valence-electron chi connectivity index (χ2n) is 5.80. The van der Waals surface area contributed by atoms with Gasteiger partial charge in [0.15, 0.2) is 0 Å². The zero-order chi connectivity index (χ0) is 13.8. The van der Waals surface area contributed by atoms with Gasteiger partial charge in [-0.25, -0.2) is 0 Å². The summed E-state index contributed by atoms with van der Waals surface area (Å²) in [6, 6.07) is 13.1. The minimum atomic E-state index is 0.437. The summed E-state index contributed by atoms with van der Waals surface area (Å²) in [6.07, 6.45) is 9.00. The van der Waals surface area contributed by atoms with Crippen molar-refractivity contribution in [2.45, 2.75) is 31.7 Å². The monoisotopic (exact) mass is 269 g/mol. The number of nitrogens with one attached hydrogen (secondary N) is 1. The van der Waals surface area contributed by atoms with Crippen LogP contribution in [0.4, 0.5) is 5.69 Å². The molecule has 1 aromatic heterocycles. The normalized spacial score (nSPS) is 22.6. The molecule has 0 unspecified atom stereocenters. The molecule has 0 bridgehead atoms. The molecule has 1 aromatic carbocycles. The molecule has 3 nitrogen and oxygen atoms in total. The van der Waals surface area contributed by atoms with Crippen molar-refractivity contribution in [1.29, 1.82) is 0 Å². The van der Waals surface area contributed by atoms with Crippen molar-refractivity contribution in [3.05, 3.63) is 48.8 Å². The molecule has 106 valence electrons. The van der Waals surface area contributed by atoms with Crippen LogP contribution < -0.4 is 11.1 Å². The predicted molar refractivity (Wildman–Crippen MR) is 84.2 cm³/mol. The van der Waals surface area contributed by atoms with Gasteiger partial charge in [-0.2, -0.15) is 0 Å². The first-order chi connectivity index (χ1) is 9.81. The van der Waals surface area contributed by atoms with E-state index in [1.54, 1.807) is 0 Å². The lowest BCUT2D eigenvalue weighted by atomic mass is 9.86. The maximum atomic E-state index is 5.94. The summed E-state index contributed by atoms with van der Waals surface area (Å²) in [5.41, 5.74) is 8.35. The van der Waals surface area contributed by atoms with E-state index in [0.717, 1.165) is 12.5 Å². The quantitative estimate of drug-likeness (QED) is 0.893. The molecule has 1 aliphatic rings. The SMILES string of the molecule is NC1CCC(CNc2ccc(-n3cccc3)cc2)CC1. The molecule has 0 saturated heterocycles. The van der Waals surface area contributed by atoms with E-state index in [2.05, 4.69) is 46.5 Å². The average molecular weight is 269 g/mol. The van der Waals surface area contributed by atoms with Crippen molar-refractivity contribution in [1.82, 2.24) is 4.57 Å². The summed E-state index contributed by atoms with van der Waals surface area (Å²) in [7, 11) is 0. The molecule has 1 fully saturated rings. The Hall–Kier alpha value is -1.74. The van der Waals surface area contributed by atoms with Gasteiger partial charge in [-0.3, -0.25) is 0 Å². The Morgan fingerprint density at radius 3 is 2.30 bits per heavy atom. The van der Waals surface area contributed by atoms with E-state index < -0.39 is 0 Å². The van der Waals surface area contributed by atoms with Crippen LogP contribution in [0.5, 0.6) is 0 Å². The van der Waals surface area contributed by atoms with Crippen molar-refractivity contribution >= 4 is 5.69 Å². The highest BCUT2D eigenvalue weighted by Gasteiger charge is 2.17. The van der Waals surface area contributed by atoms with Crippen molar-refractivity contribution in [3.8, 4) is 5.69 Å². The van der Waals surface area contributed by atoms with E-state index >= 15 is 0 Å². The maximum absolute atomic E-state index is 5.94. The summed E-state index contributed by atoms with van der Waals surface area (Å²) in [5.74, 6) is 0.777. The van der Waals surface area contributed by atoms with Crippen molar-refractivity contribution in [3.63, 3.8) is 0 Å². The number of hydrogen-bond donors (Lipinski definition) is 2. The molecule has 0 radical (unpaired) electrons. The first-order valence-corrected chi connectivity index (χ1v) is 7.54. The van der Waals surface area contributed by atoms with Gasteiger partial charge in [0.25, 0.3) is 0 Å². The zero-order valence-electron chi connectivity index (χ0n) is 11.8. The number of nitrogens with zero attached hydrogens (tertiary/aromatic N) is 1. The summed E-state index contributed by atoms with van der Waals surface area (Å²) in [5, 5.41) is 3.55. The van der Waals surface area contributed by atoms with E-state index in [4.69, 9.17) is 5.73 Å². The van der Waals surface area contributed by atoms with Crippen LogP contribution in [0.2, 0.25) is 0 Å². The summed E-state index contributed by atoms with van der Waals surface area (Å²) in [4.78, 5) is 0. The fraction of sp³-hybridized carbons (Fsp3) is 0.412. The van der Waals surface area contributed by atoms with Crippen LogP contribution in [0.15, 0.2) is 48.8 Å². The first kappa shape index (κ1) is 13.3. The van der Waals surface area contributed by atoms with Crippen molar-refractivity contribution in [2.75, 3.05) is 11.9 Å². The Kier molecular flexibility index (Phi) is 4.07. The summed E-state index contributed by atoms with van der Waals surface area (Å²) in [6.45, 7) is 1.07. The van der Waals surface area contributed by atoms with Gasteiger partial charge in [0.1, 0.15) is 0 Å². The van der Waals surface area contributed by atoms with E-state index in [1.165, 1.54) is 37.1 Å². The average Bonchev–Trinajstić information content (AvgIpc) is 3.01. The second-order valence-corrected chi connectivity index (χ2v) is 5.80. The van der Waals surface area contributed by atoms with Crippen LogP contribution in [0.3, 0.4) is 0 Å². The van der Waals surface area contributed by atoms with Gasteiger partial charge in [-0.15, -0.1) is 0 Å². The number of rotatable bonds is 4. The van der Waals surface area contributed by atoms with Gasteiger partial charge < -0.3 is 15.6 Å². The van der Waals surface area contributed by atoms with E-state index in [-0.39, 0.29) is 0 Å². The molecule has 3 heteroatoms. The molecule has 0 spiro atoms. The Balaban J connectivity index is 1.53. The molecular formula is C17H23N3. The molecule has 0 aliphatic heterocycles. The minimum Gasteiger partial charge on any atom is -0.385 e. The van der Waals surface area contributed by atoms with Crippen LogP contribution in [-0.4, -0.2) is 17.2 Å². The van der Waals surface area contributed by atoms with E-state index in [1.807, 2.05) is 12.1 Å². The molecule has 20 heavy (non-hydrogen) atoms. The molecule has 1 saturated carbocycles. The van der Waals surface area contributed by atoms with E-state index in [0.29, 0.717) is 6.04 Å². The molecular weight excluding hydrogens is 246 g/mol. The number of hydrogen-bond acceptors (Lipinski definition) is 2. The second kappa shape index (κ2) is 6.14. The van der Waals surface area contributed by atoms with Crippen LogP contribution in [0.1, 0.15) is 25.7 Å². The third-order valence-corrected chi connectivity index (χ3v) is 4.26. The Bertz CT molecular complexity index is 508. The Morgan fingerprint density at radius 2 is 1.65 bits per heavy atom. The Labute approximate surface area is 120 Å². The lowest BCUT2D eigenvalue weighted by molar-refractivity contribution is 0.339. The van der Waals surface area contributed by atoms with E-state index in [9.17, 15) is 0 Å². The highest BCUT2D eigenvalue weighted by Crippen LogP contribution is 2.23. The van der Waals surface area contributed by atoms with Crippen molar-refractivity contribution < 1.29 is 0 Å². The maximum Gasteiger partial charge on any atom is 0.0450 e. The molecule has 2 aromatic rings. The van der Waals surface area contributed by atoms with Gasteiger partial charge in [0.2, 0.25) is 0 Å². The fourth-order valence-corrected chi connectivity index (χ4v) is 2.91. The van der Waals surface area contributed by atoms with Gasteiger partial charge in [0.05, 0.1) is 0 Å². The third kappa shape index (κ3) is 3.23. The highest BCUT2D eigenvalue weighted by molar-refractivity contribution is 5.48.